The second-order valence-corrected chi connectivity index (χ2v) is 5.40. The monoisotopic (exact) mass is 185 g/mol. The molecule has 1 aliphatic carbocycles. The van der Waals surface area contributed by atoms with Crippen molar-refractivity contribution in [2.45, 2.75) is 58.6 Å². The minimum absolute atomic E-state index is 0.115. The predicted octanol–water partition coefficient (Wildman–Crippen LogP) is 1.93. The molecule has 0 saturated heterocycles. The molecule has 2 N–H and O–H groups in total. The van der Waals surface area contributed by atoms with E-state index in [2.05, 4.69) is 26.1 Å². The first kappa shape index (κ1) is 11.0. The van der Waals surface area contributed by atoms with Gasteiger partial charge in [-0.2, -0.15) is 0 Å². The van der Waals surface area contributed by atoms with Crippen molar-refractivity contribution in [2.24, 2.45) is 5.41 Å². The zero-order chi connectivity index (χ0) is 9.90. The van der Waals surface area contributed by atoms with Crippen molar-refractivity contribution in [1.82, 2.24) is 5.32 Å². The lowest BCUT2D eigenvalue weighted by atomic mass is 9.90. The first-order chi connectivity index (χ1) is 5.99. The maximum absolute atomic E-state index is 9.70. The van der Waals surface area contributed by atoms with Crippen molar-refractivity contribution in [1.29, 1.82) is 0 Å². The van der Waals surface area contributed by atoms with Gasteiger partial charge in [0.05, 0.1) is 6.10 Å². The van der Waals surface area contributed by atoms with Gasteiger partial charge >= 0.3 is 0 Å². The predicted molar refractivity (Wildman–Crippen MR) is 55.7 cm³/mol. The third-order valence-electron chi connectivity index (χ3n) is 2.62. The van der Waals surface area contributed by atoms with Crippen LogP contribution in [0.1, 0.15) is 46.5 Å². The summed E-state index contributed by atoms with van der Waals surface area (Å²) in [5.41, 5.74) is 0.317. The molecule has 2 heteroatoms. The highest BCUT2D eigenvalue weighted by Crippen LogP contribution is 2.19. The van der Waals surface area contributed by atoms with Crippen LogP contribution in [0, 0.1) is 5.41 Å². The molecule has 1 fully saturated rings. The number of rotatable bonds is 2. The summed E-state index contributed by atoms with van der Waals surface area (Å²) in [5.74, 6) is 0. The van der Waals surface area contributed by atoms with Gasteiger partial charge < -0.3 is 10.4 Å². The molecule has 0 heterocycles. The smallest absolute Gasteiger partial charge is 0.0693 e. The molecule has 0 amide bonds. The largest absolute Gasteiger partial charge is 0.392 e. The summed E-state index contributed by atoms with van der Waals surface area (Å²) in [6.07, 6.45) is 4.45. The van der Waals surface area contributed by atoms with Crippen LogP contribution in [-0.4, -0.2) is 23.8 Å². The van der Waals surface area contributed by atoms with E-state index in [0.717, 1.165) is 19.4 Å². The number of hydrogen-bond donors (Lipinski definition) is 2. The molecule has 78 valence electrons. The van der Waals surface area contributed by atoms with Gasteiger partial charge in [0.2, 0.25) is 0 Å². The molecule has 0 aromatic carbocycles. The molecule has 0 spiro atoms. The quantitative estimate of drug-likeness (QED) is 0.689. The van der Waals surface area contributed by atoms with Gasteiger partial charge in [-0.15, -0.1) is 0 Å². The minimum Gasteiger partial charge on any atom is -0.392 e. The number of hydrogen-bond acceptors (Lipinski definition) is 2. The fourth-order valence-electron chi connectivity index (χ4n) is 1.79. The average Bonchev–Trinajstić information content (AvgIpc) is 2.01. The van der Waals surface area contributed by atoms with E-state index in [9.17, 15) is 5.11 Å². The topological polar surface area (TPSA) is 32.3 Å². The lowest BCUT2D eigenvalue weighted by Gasteiger charge is -2.31. The van der Waals surface area contributed by atoms with E-state index in [0.29, 0.717) is 11.5 Å². The van der Waals surface area contributed by atoms with E-state index in [1.165, 1.54) is 12.8 Å². The number of aliphatic hydroxyl groups is 1. The summed E-state index contributed by atoms with van der Waals surface area (Å²) >= 11 is 0. The minimum atomic E-state index is -0.115. The second kappa shape index (κ2) is 4.43. The molecular formula is C11H23NO. The lowest BCUT2D eigenvalue weighted by Crippen LogP contribution is -2.45. The van der Waals surface area contributed by atoms with E-state index < -0.39 is 0 Å². The maximum atomic E-state index is 9.70. The third kappa shape index (κ3) is 4.10. The molecule has 1 saturated carbocycles. The van der Waals surface area contributed by atoms with Crippen LogP contribution in [-0.2, 0) is 0 Å². The van der Waals surface area contributed by atoms with E-state index in [1.54, 1.807) is 0 Å². The Morgan fingerprint density at radius 2 is 1.85 bits per heavy atom. The zero-order valence-corrected chi connectivity index (χ0v) is 9.14. The van der Waals surface area contributed by atoms with Crippen LogP contribution in [0.3, 0.4) is 0 Å². The molecule has 0 unspecified atom stereocenters. The molecule has 0 bridgehead atoms. The summed E-state index contributed by atoms with van der Waals surface area (Å²) in [6, 6.07) is 0.341. The van der Waals surface area contributed by atoms with Crippen LogP contribution < -0.4 is 5.32 Å². The van der Waals surface area contributed by atoms with Gasteiger partial charge in [0.15, 0.2) is 0 Å². The molecule has 2 atom stereocenters. The van der Waals surface area contributed by atoms with Crippen LogP contribution in [0.25, 0.3) is 0 Å². The number of nitrogens with one attached hydrogen (secondary N) is 1. The first-order valence-corrected chi connectivity index (χ1v) is 5.40. The normalized spacial score (nSPS) is 30.5. The van der Waals surface area contributed by atoms with Gasteiger partial charge in [0.25, 0.3) is 0 Å². The zero-order valence-electron chi connectivity index (χ0n) is 9.14. The summed E-state index contributed by atoms with van der Waals surface area (Å²) in [4.78, 5) is 0. The highest BCUT2D eigenvalue weighted by atomic mass is 16.3. The van der Waals surface area contributed by atoms with Crippen LogP contribution in [0.5, 0.6) is 0 Å². The summed E-state index contributed by atoms with van der Waals surface area (Å²) in [7, 11) is 0. The van der Waals surface area contributed by atoms with E-state index in [-0.39, 0.29) is 6.10 Å². The molecule has 0 aromatic rings. The Morgan fingerprint density at radius 1 is 1.23 bits per heavy atom. The van der Waals surface area contributed by atoms with Crippen LogP contribution >= 0.6 is 0 Å². The van der Waals surface area contributed by atoms with Gasteiger partial charge in [0.1, 0.15) is 0 Å². The van der Waals surface area contributed by atoms with Crippen molar-refractivity contribution in [3.05, 3.63) is 0 Å². The number of aliphatic hydroxyl groups excluding tert-OH is 1. The Labute approximate surface area is 81.7 Å². The van der Waals surface area contributed by atoms with E-state index in [1.807, 2.05) is 0 Å². The van der Waals surface area contributed by atoms with Gasteiger partial charge in [-0.05, 0) is 18.3 Å². The van der Waals surface area contributed by atoms with E-state index in [4.69, 9.17) is 0 Å². The molecule has 13 heavy (non-hydrogen) atoms. The van der Waals surface area contributed by atoms with Gasteiger partial charge in [-0.25, -0.2) is 0 Å². The van der Waals surface area contributed by atoms with Crippen LogP contribution in [0.15, 0.2) is 0 Å². The SMILES string of the molecule is CC(C)(C)CN[C@H]1CCCC[C@@H]1O. The van der Waals surface area contributed by atoms with Gasteiger partial charge in [-0.1, -0.05) is 33.6 Å². The van der Waals surface area contributed by atoms with Crippen molar-refractivity contribution < 1.29 is 5.11 Å². The Morgan fingerprint density at radius 3 is 2.38 bits per heavy atom. The molecule has 0 aliphatic heterocycles. The van der Waals surface area contributed by atoms with Crippen molar-refractivity contribution in [2.75, 3.05) is 6.54 Å². The van der Waals surface area contributed by atoms with Crippen LogP contribution in [0.2, 0.25) is 0 Å². The second-order valence-electron chi connectivity index (χ2n) is 5.40. The highest BCUT2D eigenvalue weighted by Gasteiger charge is 2.23. The highest BCUT2D eigenvalue weighted by molar-refractivity contribution is 4.81. The lowest BCUT2D eigenvalue weighted by molar-refractivity contribution is 0.0863. The van der Waals surface area contributed by atoms with Gasteiger partial charge in [-0.3, -0.25) is 0 Å². The molecule has 1 rings (SSSR count). The van der Waals surface area contributed by atoms with Crippen molar-refractivity contribution in [3.63, 3.8) is 0 Å². The summed E-state index contributed by atoms with van der Waals surface area (Å²) in [6.45, 7) is 7.65. The maximum Gasteiger partial charge on any atom is 0.0693 e. The summed E-state index contributed by atoms with van der Waals surface area (Å²) in [5, 5.41) is 13.2. The summed E-state index contributed by atoms with van der Waals surface area (Å²) < 4.78 is 0. The Bertz CT molecular complexity index is 151. The van der Waals surface area contributed by atoms with Gasteiger partial charge in [0, 0.05) is 12.6 Å². The third-order valence-corrected chi connectivity index (χ3v) is 2.62. The van der Waals surface area contributed by atoms with Crippen LogP contribution in [0.4, 0.5) is 0 Å². The Hall–Kier alpha value is -0.0800. The molecule has 2 nitrogen and oxygen atoms in total. The fraction of sp³-hybridized carbons (Fsp3) is 1.00. The average molecular weight is 185 g/mol. The van der Waals surface area contributed by atoms with E-state index >= 15 is 0 Å². The Balaban J connectivity index is 2.27. The molecular weight excluding hydrogens is 162 g/mol. The van der Waals surface area contributed by atoms with Crippen molar-refractivity contribution >= 4 is 0 Å². The molecule has 0 aromatic heterocycles. The molecule has 0 radical (unpaired) electrons. The first-order valence-electron chi connectivity index (χ1n) is 5.40. The Kier molecular flexibility index (Phi) is 3.74. The molecule has 1 aliphatic rings. The fourth-order valence-corrected chi connectivity index (χ4v) is 1.79. The van der Waals surface area contributed by atoms with Crippen molar-refractivity contribution in [3.8, 4) is 0 Å². The standard InChI is InChI=1S/C11H23NO/c1-11(2,3)8-12-9-6-4-5-7-10(9)13/h9-10,12-13H,4-8H2,1-3H3/t9-,10-/m0/s1.